The van der Waals surface area contributed by atoms with Crippen LogP contribution >= 0.6 is 7.82 Å². The van der Waals surface area contributed by atoms with Crippen molar-refractivity contribution in [1.29, 1.82) is 0 Å². The number of rotatable bonds is 7. The van der Waals surface area contributed by atoms with Crippen molar-refractivity contribution in [3.63, 3.8) is 0 Å². The van der Waals surface area contributed by atoms with E-state index in [9.17, 15) is 30.9 Å². The molecule has 0 aliphatic carbocycles. The lowest BCUT2D eigenvalue weighted by atomic mass is 10.2. The van der Waals surface area contributed by atoms with Gasteiger partial charge in [0.05, 0.1) is 13.2 Å². The number of phosphoric ester groups is 1. The fourth-order valence-corrected chi connectivity index (χ4v) is 2.19. The molecule has 0 N–H and O–H groups in total. The van der Waals surface area contributed by atoms with Crippen LogP contribution in [-0.4, -0.2) is 25.3 Å². The summed E-state index contributed by atoms with van der Waals surface area (Å²) in [6.45, 7) is 2.65. The molecule has 0 aromatic carbocycles. The maximum absolute atomic E-state index is 13.1. The third-order valence-electron chi connectivity index (χ3n) is 1.76. The van der Waals surface area contributed by atoms with E-state index in [4.69, 9.17) is 0 Å². The third kappa shape index (κ3) is 4.68. The van der Waals surface area contributed by atoms with Gasteiger partial charge in [-0.1, -0.05) is 0 Å². The summed E-state index contributed by atoms with van der Waals surface area (Å²) in [4.78, 5) is 0. The molecule has 0 radical (unpaired) electrons. The molecule has 0 atom stereocenters. The zero-order chi connectivity index (χ0) is 16.2. The van der Waals surface area contributed by atoms with Gasteiger partial charge in [-0.05, 0) is 20.8 Å². The Morgan fingerprint density at radius 1 is 1.05 bits per heavy atom. The number of hydrogen-bond donors (Lipinski definition) is 0. The quantitative estimate of drug-likeness (QED) is 0.389. The minimum absolute atomic E-state index is 0.248. The van der Waals surface area contributed by atoms with Crippen molar-refractivity contribution in [2.45, 2.75) is 32.9 Å². The first-order valence-electron chi connectivity index (χ1n) is 5.31. The molecule has 0 aromatic rings. The smallest absolute Gasteiger partial charge is 0.406 e. The van der Waals surface area contributed by atoms with E-state index in [1.165, 1.54) is 13.8 Å². The van der Waals surface area contributed by atoms with Crippen LogP contribution in [0.2, 0.25) is 0 Å². The van der Waals surface area contributed by atoms with Gasteiger partial charge < -0.3 is 4.52 Å². The van der Waals surface area contributed by atoms with Gasteiger partial charge in [0.2, 0.25) is 5.83 Å². The largest absolute Gasteiger partial charge is 0.529 e. The van der Waals surface area contributed by atoms with Gasteiger partial charge in [-0.2, -0.15) is 22.0 Å². The normalized spacial score (nSPS) is 15.1. The predicted octanol–water partition coefficient (Wildman–Crippen LogP) is 4.58. The van der Waals surface area contributed by atoms with Crippen molar-refractivity contribution in [2.24, 2.45) is 0 Å². The number of phosphoric acid groups is 1. The lowest BCUT2D eigenvalue weighted by molar-refractivity contribution is -0.271. The van der Waals surface area contributed by atoms with Crippen molar-refractivity contribution in [3.8, 4) is 0 Å². The van der Waals surface area contributed by atoms with Crippen LogP contribution in [-0.2, 0) is 18.1 Å². The minimum atomic E-state index is -6.15. The highest BCUT2D eigenvalue weighted by Gasteiger charge is 2.62. The van der Waals surface area contributed by atoms with Crippen LogP contribution in [0.25, 0.3) is 0 Å². The fourth-order valence-electron chi connectivity index (χ4n) is 0.960. The summed E-state index contributed by atoms with van der Waals surface area (Å²) in [6.07, 6.45) is -6.15. The van der Waals surface area contributed by atoms with E-state index in [1.54, 1.807) is 0 Å². The molecule has 0 rings (SSSR count). The molecule has 4 nitrogen and oxygen atoms in total. The van der Waals surface area contributed by atoms with Gasteiger partial charge in [0.25, 0.3) is 0 Å². The van der Waals surface area contributed by atoms with Crippen LogP contribution < -0.4 is 0 Å². The van der Waals surface area contributed by atoms with Gasteiger partial charge in [-0.3, -0.25) is 9.05 Å². The van der Waals surface area contributed by atoms with Gasteiger partial charge in [0, 0.05) is 0 Å². The van der Waals surface area contributed by atoms with Crippen LogP contribution in [0.4, 0.5) is 26.3 Å². The van der Waals surface area contributed by atoms with Gasteiger partial charge in [0.1, 0.15) is 5.76 Å². The van der Waals surface area contributed by atoms with E-state index >= 15 is 0 Å². The average molecular weight is 330 g/mol. The summed E-state index contributed by atoms with van der Waals surface area (Å²) >= 11 is 0. The van der Waals surface area contributed by atoms with E-state index in [0.29, 0.717) is 6.92 Å². The van der Waals surface area contributed by atoms with Crippen LogP contribution in [0.5, 0.6) is 0 Å². The Morgan fingerprint density at radius 2 is 1.45 bits per heavy atom. The second-order valence-electron chi connectivity index (χ2n) is 3.32. The summed E-state index contributed by atoms with van der Waals surface area (Å²) in [5, 5.41) is 0. The molecule has 0 fully saturated rings. The zero-order valence-electron chi connectivity index (χ0n) is 10.8. The van der Waals surface area contributed by atoms with Crippen molar-refractivity contribution in [3.05, 3.63) is 11.6 Å². The molecule has 0 aromatic heterocycles. The lowest BCUT2D eigenvalue weighted by Gasteiger charge is -2.21. The molecule has 0 amide bonds. The summed E-state index contributed by atoms with van der Waals surface area (Å²) in [6, 6.07) is 0. The minimum Gasteiger partial charge on any atom is -0.406 e. The molecule has 0 unspecified atom stereocenters. The highest BCUT2D eigenvalue weighted by molar-refractivity contribution is 7.48. The number of alkyl halides is 5. The third-order valence-corrected chi connectivity index (χ3v) is 3.41. The Hall–Kier alpha value is -0.730. The van der Waals surface area contributed by atoms with Crippen molar-refractivity contribution in [1.82, 2.24) is 0 Å². The monoisotopic (exact) mass is 330 g/mol. The summed E-state index contributed by atoms with van der Waals surface area (Å²) in [7, 11) is -4.45. The van der Waals surface area contributed by atoms with E-state index < -0.39 is 31.5 Å². The second-order valence-corrected chi connectivity index (χ2v) is 4.91. The maximum Gasteiger partial charge on any atom is 0.529 e. The number of allylic oxidation sites excluding steroid dienone is 2. The van der Waals surface area contributed by atoms with Crippen molar-refractivity contribution in [2.75, 3.05) is 13.2 Å². The molecule has 20 heavy (non-hydrogen) atoms. The maximum atomic E-state index is 13.1. The topological polar surface area (TPSA) is 44.8 Å². The molecule has 120 valence electrons. The van der Waals surface area contributed by atoms with Gasteiger partial charge in [0.15, 0.2) is 0 Å². The molecular formula is C9H13F6O4P. The molecule has 0 saturated heterocycles. The molecular weight excluding hydrogens is 317 g/mol. The molecule has 0 bridgehead atoms. The number of halogens is 6. The van der Waals surface area contributed by atoms with E-state index in [1.807, 2.05) is 0 Å². The molecule has 0 heterocycles. The first kappa shape index (κ1) is 19.3. The van der Waals surface area contributed by atoms with E-state index in [2.05, 4.69) is 13.6 Å². The van der Waals surface area contributed by atoms with E-state index in [0.717, 1.165) is 0 Å². The lowest BCUT2D eigenvalue weighted by Crippen LogP contribution is -2.37. The molecule has 0 aliphatic rings. The standard InChI is InChI=1S/C9H13F6O4P/c1-4-17-20(16,18-5-2)19-6(3)7(10)8(11,12)9(13,14)15/h4-5H2,1-3H3/b7-6+. The Morgan fingerprint density at radius 3 is 1.75 bits per heavy atom. The van der Waals surface area contributed by atoms with Crippen LogP contribution in [0, 0.1) is 0 Å². The highest BCUT2D eigenvalue weighted by Crippen LogP contribution is 2.53. The zero-order valence-corrected chi connectivity index (χ0v) is 11.7. The first-order chi connectivity index (χ1) is 8.91. The Kier molecular flexibility index (Phi) is 6.57. The SMILES string of the molecule is CCOP(=O)(OCC)O/C(C)=C(/F)C(F)(F)C(F)(F)F. The molecule has 11 heteroatoms. The predicted molar refractivity (Wildman–Crippen MR) is 56.8 cm³/mol. The summed E-state index contributed by atoms with van der Waals surface area (Å²) in [5.74, 6) is -10.2. The molecule has 0 saturated carbocycles. The molecule has 0 spiro atoms. The van der Waals surface area contributed by atoms with Crippen LogP contribution in [0.15, 0.2) is 11.6 Å². The first-order valence-corrected chi connectivity index (χ1v) is 6.77. The molecule has 0 aliphatic heterocycles. The summed E-state index contributed by atoms with van der Waals surface area (Å²) < 4.78 is 99.3. The Bertz CT molecular complexity index is 396. The van der Waals surface area contributed by atoms with Gasteiger partial charge in [-0.25, -0.2) is 8.96 Å². The second kappa shape index (κ2) is 6.82. The van der Waals surface area contributed by atoms with E-state index in [-0.39, 0.29) is 13.2 Å². The van der Waals surface area contributed by atoms with Crippen molar-refractivity contribution < 1.29 is 44.5 Å². The van der Waals surface area contributed by atoms with Gasteiger partial charge in [-0.15, -0.1) is 0 Å². The fraction of sp³-hybridized carbons (Fsp3) is 0.778. The summed E-state index contributed by atoms with van der Waals surface area (Å²) in [5.41, 5.74) is 0. The van der Waals surface area contributed by atoms with Gasteiger partial charge >= 0.3 is 19.9 Å². The highest BCUT2D eigenvalue weighted by atomic mass is 31.2. The Balaban J connectivity index is 5.36. The van der Waals surface area contributed by atoms with Crippen LogP contribution in [0.3, 0.4) is 0 Å². The Labute approximate surface area is 111 Å². The van der Waals surface area contributed by atoms with Crippen LogP contribution in [0.1, 0.15) is 20.8 Å². The van der Waals surface area contributed by atoms with Crippen molar-refractivity contribution >= 4 is 7.82 Å². The average Bonchev–Trinajstić information content (AvgIpc) is 2.26. The number of hydrogen-bond acceptors (Lipinski definition) is 4.